The van der Waals surface area contributed by atoms with E-state index in [1.807, 2.05) is 6.92 Å². The van der Waals surface area contributed by atoms with Crippen LogP contribution in [0.4, 0.5) is 14.5 Å². The molecule has 0 bridgehead atoms. The Morgan fingerprint density at radius 3 is 2.14 bits per heavy atom. The van der Waals surface area contributed by atoms with E-state index >= 15 is 0 Å². The average molecular weight is 411 g/mol. The maximum absolute atomic E-state index is 12.3. The summed E-state index contributed by atoms with van der Waals surface area (Å²) in [7, 11) is 0. The van der Waals surface area contributed by atoms with Gasteiger partial charge in [-0.15, -0.1) is 0 Å². The molecule has 0 radical (unpaired) electrons. The van der Waals surface area contributed by atoms with Gasteiger partial charge in [-0.1, -0.05) is 11.8 Å². The van der Waals surface area contributed by atoms with Crippen LogP contribution in [-0.2, 0) is 14.3 Å². The second-order valence-electron chi connectivity index (χ2n) is 5.30. The molecule has 6 nitrogen and oxygen atoms in total. The molecule has 9 heteroatoms. The third-order valence-corrected chi connectivity index (χ3v) is 3.94. The number of benzene rings is 2. The Balaban J connectivity index is 1.69. The van der Waals surface area contributed by atoms with Crippen LogP contribution in [0.1, 0.15) is 6.92 Å². The number of esters is 1. The maximum atomic E-state index is 12.3. The highest BCUT2D eigenvalue weighted by Gasteiger charge is 2.10. The topological polar surface area (TPSA) is 73.9 Å². The molecule has 28 heavy (non-hydrogen) atoms. The molecule has 0 saturated heterocycles. The first-order valence-electron chi connectivity index (χ1n) is 8.32. The van der Waals surface area contributed by atoms with Crippen molar-refractivity contribution in [2.75, 3.05) is 25.1 Å². The quantitative estimate of drug-likeness (QED) is 0.471. The smallest absolute Gasteiger partial charge is 0.344 e. The zero-order valence-corrected chi connectivity index (χ0v) is 15.8. The molecule has 2 rings (SSSR count). The Bertz CT molecular complexity index is 769. The molecule has 0 aliphatic rings. The number of carbonyl (C=O) groups is 2. The van der Waals surface area contributed by atoms with Crippen LogP contribution in [0.2, 0.25) is 0 Å². The number of carbonyl (C=O) groups excluding carboxylic acids is 2. The molecule has 0 fully saturated rings. The molecule has 0 saturated carbocycles. The molecule has 150 valence electrons. The average Bonchev–Trinajstić information content (AvgIpc) is 2.67. The highest BCUT2D eigenvalue weighted by atomic mass is 32.2. The van der Waals surface area contributed by atoms with Crippen molar-refractivity contribution in [3.8, 4) is 11.5 Å². The molecule has 0 aromatic heterocycles. The number of hydrogen-bond acceptors (Lipinski definition) is 6. The molecule has 2 aromatic carbocycles. The van der Waals surface area contributed by atoms with Crippen molar-refractivity contribution in [1.29, 1.82) is 0 Å². The van der Waals surface area contributed by atoms with Crippen molar-refractivity contribution in [2.45, 2.75) is 17.6 Å². The van der Waals surface area contributed by atoms with Crippen LogP contribution in [-0.4, -0.2) is 37.5 Å². The number of ether oxygens (including phenoxy) is 3. The number of amides is 1. The summed E-state index contributed by atoms with van der Waals surface area (Å²) >= 11 is 0.411. The predicted octanol–water partition coefficient (Wildman–Crippen LogP) is 3.96. The van der Waals surface area contributed by atoms with Crippen LogP contribution in [0.25, 0.3) is 0 Å². The fourth-order valence-corrected chi connectivity index (χ4v) is 2.54. The third kappa shape index (κ3) is 7.83. The van der Waals surface area contributed by atoms with Gasteiger partial charge in [0, 0.05) is 10.6 Å². The molecule has 2 aromatic rings. The van der Waals surface area contributed by atoms with Crippen LogP contribution in [0.3, 0.4) is 0 Å². The van der Waals surface area contributed by atoms with Gasteiger partial charge in [0.25, 0.3) is 11.7 Å². The summed E-state index contributed by atoms with van der Waals surface area (Å²) < 4.78 is 39.9. The normalized spacial score (nSPS) is 10.4. The Hall–Kier alpha value is -2.81. The summed E-state index contributed by atoms with van der Waals surface area (Å²) in [4.78, 5) is 23.8. The van der Waals surface area contributed by atoms with Crippen molar-refractivity contribution < 1.29 is 32.6 Å². The van der Waals surface area contributed by atoms with E-state index in [2.05, 4.69) is 5.32 Å². The van der Waals surface area contributed by atoms with E-state index in [9.17, 15) is 18.4 Å². The SMILES string of the molecule is CCOc1ccc(OCC(=O)OCC(=O)Nc2ccc(SC(F)F)cc2)cc1. The lowest BCUT2D eigenvalue weighted by atomic mass is 10.3. The summed E-state index contributed by atoms with van der Waals surface area (Å²) in [5.74, 6) is -2.61. The molecular formula is C19H19F2NO5S. The van der Waals surface area contributed by atoms with Gasteiger partial charge in [0.2, 0.25) is 0 Å². The van der Waals surface area contributed by atoms with E-state index < -0.39 is 24.2 Å². The molecule has 1 N–H and O–H groups in total. The predicted molar refractivity (Wildman–Crippen MR) is 101 cm³/mol. The summed E-state index contributed by atoms with van der Waals surface area (Å²) in [5.41, 5.74) is 0.408. The van der Waals surface area contributed by atoms with Gasteiger partial charge in [0.1, 0.15) is 11.5 Å². The summed E-state index contributed by atoms with van der Waals surface area (Å²) in [6.07, 6.45) is 0. The monoisotopic (exact) mass is 411 g/mol. The van der Waals surface area contributed by atoms with Crippen molar-refractivity contribution in [3.63, 3.8) is 0 Å². The van der Waals surface area contributed by atoms with E-state index in [1.54, 1.807) is 24.3 Å². The number of hydrogen-bond donors (Lipinski definition) is 1. The number of alkyl halides is 2. The van der Waals surface area contributed by atoms with Gasteiger partial charge in [-0.05, 0) is 55.5 Å². The van der Waals surface area contributed by atoms with Crippen LogP contribution < -0.4 is 14.8 Å². The van der Waals surface area contributed by atoms with E-state index in [0.29, 0.717) is 40.5 Å². The second-order valence-corrected chi connectivity index (χ2v) is 6.37. The van der Waals surface area contributed by atoms with Crippen molar-refractivity contribution in [1.82, 2.24) is 0 Å². The molecular weight excluding hydrogens is 392 g/mol. The van der Waals surface area contributed by atoms with Crippen LogP contribution in [0, 0.1) is 0 Å². The fraction of sp³-hybridized carbons (Fsp3) is 0.263. The number of anilines is 1. The lowest BCUT2D eigenvalue weighted by molar-refractivity contribution is -0.149. The Labute approximate surface area is 165 Å². The van der Waals surface area contributed by atoms with Gasteiger partial charge >= 0.3 is 5.97 Å². The maximum Gasteiger partial charge on any atom is 0.344 e. The van der Waals surface area contributed by atoms with Crippen molar-refractivity contribution in [2.24, 2.45) is 0 Å². The van der Waals surface area contributed by atoms with E-state index in [4.69, 9.17) is 14.2 Å². The zero-order valence-electron chi connectivity index (χ0n) is 15.0. The fourth-order valence-electron chi connectivity index (χ4n) is 2.05. The summed E-state index contributed by atoms with van der Waals surface area (Å²) in [6, 6.07) is 12.6. The number of thioether (sulfide) groups is 1. The standard InChI is InChI=1S/C19H19F2NO5S/c1-2-25-14-5-7-15(8-6-14)26-12-18(24)27-11-17(23)22-13-3-9-16(10-4-13)28-19(20)21/h3-10,19H,2,11-12H2,1H3,(H,22,23). The van der Waals surface area contributed by atoms with Crippen LogP contribution >= 0.6 is 11.8 Å². The Kier molecular flexibility index (Phi) is 8.54. The van der Waals surface area contributed by atoms with Gasteiger partial charge in [0.15, 0.2) is 13.2 Å². The highest BCUT2D eigenvalue weighted by Crippen LogP contribution is 2.26. The summed E-state index contributed by atoms with van der Waals surface area (Å²) in [5, 5.41) is 2.50. The largest absolute Gasteiger partial charge is 0.494 e. The first-order chi connectivity index (χ1) is 13.5. The van der Waals surface area contributed by atoms with Crippen molar-refractivity contribution >= 4 is 29.3 Å². The lowest BCUT2D eigenvalue weighted by Gasteiger charge is -2.09. The molecule has 0 aliphatic carbocycles. The van der Waals surface area contributed by atoms with Gasteiger partial charge in [-0.25, -0.2) is 4.79 Å². The van der Waals surface area contributed by atoms with Crippen LogP contribution in [0.5, 0.6) is 11.5 Å². The molecule has 0 atom stereocenters. The highest BCUT2D eigenvalue weighted by molar-refractivity contribution is 7.99. The second kappa shape index (κ2) is 11.1. The molecule has 0 spiro atoms. The van der Waals surface area contributed by atoms with Gasteiger partial charge < -0.3 is 19.5 Å². The first kappa shape index (κ1) is 21.5. The van der Waals surface area contributed by atoms with Crippen molar-refractivity contribution in [3.05, 3.63) is 48.5 Å². The van der Waals surface area contributed by atoms with Crippen LogP contribution in [0.15, 0.2) is 53.4 Å². The van der Waals surface area contributed by atoms with Gasteiger partial charge in [-0.2, -0.15) is 8.78 Å². The van der Waals surface area contributed by atoms with E-state index in [-0.39, 0.29) is 6.61 Å². The van der Waals surface area contributed by atoms with Gasteiger partial charge in [0.05, 0.1) is 6.61 Å². The molecule has 0 unspecified atom stereocenters. The number of rotatable bonds is 10. The minimum absolute atomic E-state index is 0.346. The van der Waals surface area contributed by atoms with E-state index in [1.165, 1.54) is 24.3 Å². The Morgan fingerprint density at radius 1 is 0.964 bits per heavy atom. The molecule has 1 amide bonds. The minimum Gasteiger partial charge on any atom is -0.494 e. The number of halogens is 2. The molecule has 0 aliphatic heterocycles. The zero-order chi connectivity index (χ0) is 20.4. The summed E-state index contributed by atoms with van der Waals surface area (Å²) in [6.45, 7) is 1.59. The lowest BCUT2D eigenvalue weighted by Crippen LogP contribution is -2.23. The number of nitrogens with one attached hydrogen (secondary N) is 1. The first-order valence-corrected chi connectivity index (χ1v) is 9.20. The third-order valence-electron chi connectivity index (χ3n) is 3.22. The Morgan fingerprint density at radius 2 is 1.57 bits per heavy atom. The van der Waals surface area contributed by atoms with E-state index in [0.717, 1.165) is 0 Å². The van der Waals surface area contributed by atoms with Gasteiger partial charge in [-0.3, -0.25) is 4.79 Å². The molecule has 0 heterocycles. The minimum atomic E-state index is -2.51.